The minimum Gasteiger partial charge on any atom is -0.444 e. The summed E-state index contributed by atoms with van der Waals surface area (Å²) in [5.41, 5.74) is 0.149. The van der Waals surface area contributed by atoms with Crippen LogP contribution in [0.25, 0.3) is 0 Å². The van der Waals surface area contributed by atoms with Crippen LogP contribution in [0, 0.1) is 5.92 Å². The van der Waals surface area contributed by atoms with Gasteiger partial charge in [0.15, 0.2) is 0 Å². The largest absolute Gasteiger partial charge is 0.444 e. The molecule has 8 heteroatoms. The predicted octanol–water partition coefficient (Wildman–Crippen LogP) is 3.49. The topological polar surface area (TPSA) is 96.4 Å². The zero-order valence-electron chi connectivity index (χ0n) is 18.8. The zero-order valence-corrected chi connectivity index (χ0v) is 18.8. The van der Waals surface area contributed by atoms with Gasteiger partial charge in [0.2, 0.25) is 5.91 Å². The van der Waals surface area contributed by atoms with Gasteiger partial charge in [-0.15, -0.1) is 0 Å². The highest BCUT2D eigenvalue weighted by Gasteiger charge is 2.47. The average molecular weight is 433 g/mol. The Morgan fingerprint density at radius 2 is 1.87 bits per heavy atom. The quantitative estimate of drug-likeness (QED) is 0.782. The number of ether oxygens (including phenoxy) is 2. The third-order valence-corrected chi connectivity index (χ3v) is 5.86. The van der Waals surface area contributed by atoms with Crippen molar-refractivity contribution >= 4 is 18.1 Å². The van der Waals surface area contributed by atoms with Crippen molar-refractivity contribution in [1.29, 1.82) is 0 Å². The summed E-state index contributed by atoms with van der Waals surface area (Å²) >= 11 is 0. The standard InChI is InChI=1S/C23H32N2O6/c1-14(18(26)17-12-9-13-24(17)21(28)31-23(3,4)5)20(27)25-15(2)19(30-22(25)29)16-10-7-6-8-11-16/h6-8,10-11,14-15,17-19,26H,9,12-13H2,1-5H3/t14-,15-,17+,18?,19?/m1/s1. The molecular formula is C23H32N2O6. The summed E-state index contributed by atoms with van der Waals surface area (Å²) in [6.07, 6.45) is -1.65. The van der Waals surface area contributed by atoms with Gasteiger partial charge in [-0.2, -0.15) is 0 Å². The third-order valence-electron chi connectivity index (χ3n) is 5.86. The molecule has 0 aromatic heterocycles. The van der Waals surface area contributed by atoms with E-state index in [1.165, 1.54) is 4.90 Å². The van der Waals surface area contributed by atoms with E-state index in [9.17, 15) is 19.5 Å². The Hall–Kier alpha value is -2.61. The fraction of sp³-hybridized carbons (Fsp3) is 0.609. The number of carbonyl (C=O) groups excluding carboxylic acids is 3. The summed E-state index contributed by atoms with van der Waals surface area (Å²) in [5.74, 6) is -1.41. The second-order valence-corrected chi connectivity index (χ2v) is 9.33. The number of likely N-dealkylation sites (tertiary alicyclic amines) is 1. The van der Waals surface area contributed by atoms with Crippen molar-refractivity contribution in [1.82, 2.24) is 9.80 Å². The third kappa shape index (κ3) is 4.84. The number of aliphatic hydroxyl groups excluding tert-OH is 1. The Bertz CT molecular complexity index is 821. The Labute approximate surface area is 183 Å². The van der Waals surface area contributed by atoms with Crippen molar-refractivity contribution < 1.29 is 29.0 Å². The molecule has 0 saturated carbocycles. The van der Waals surface area contributed by atoms with Crippen molar-refractivity contribution in [2.24, 2.45) is 5.92 Å². The van der Waals surface area contributed by atoms with Crippen molar-refractivity contribution in [3.8, 4) is 0 Å². The zero-order chi connectivity index (χ0) is 22.9. The first-order valence-corrected chi connectivity index (χ1v) is 10.8. The Kier molecular flexibility index (Phi) is 6.59. The molecule has 3 amide bonds. The summed E-state index contributed by atoms with van der Waals surface area (Å²) in [6.45, 7) is 9.12. The molecule has 2 aliphatic rings. The maximum absolute atomic E-state index is 13.2. The Morgan fingerprint density at radius 1 is 1.23 bits per heavy atom. The number of cyclic esters (lactones) is 1. The molecule has 2 unspecified atom stereocenters. The van der Waals surface area contributed by atoms with Crippen LogP contribution in [-0.4, -0.2) is 63.3 Å². The fourth-order valence-corrected chi connectivity index (χ4v) is 4.24. The van der Waals surface area contributed by atoms with Gasteiger partial charge >= 0.3 is 12.2 Å². The number of imide groups is 1. The number of hydrogen-bond donors (Lipinski definition) is 1. The van der Waals surface area contributed by atoms with Gasteiger partial charge in [0, 0.05) is 6.54 Å². The first-order valence-electron chi connectivity index (χ1n) is 10.8. The molecule has 1 aromatic carbocycles. The maximum Gasteiger partial charge on any atom is 0.417 e. The molecule has 5 atom stereocenters. The summed E-state index contributed by atoms with van der Waals surface area (Å²) in [4.78, 5) is 40.8. The second-order valence-electron chi connectivity index (χ2n) is 9.33. The smallest absolute Gasteiger partial charge is 0.417 e. The van der Waals surface area contributed by atoms with E-state index < -0.39 is 53.9 Å². The number of amides is 3. The van der Waals surface area contributed by atoms with Crippen molar-refractivity contribution in [2.45, 2.75) is 77.4 Å². The molecule has 0 aliphatic carbocycles. The molecule has 2 heterocycles. The molecule has 0 bridgehead atoms. The number of hydrogen-bond acceptors (Lipinski definition) is 6. The minimum absolute atomic E-state index is 0.454. The molecule has 8 nitrogen and oxygen atoms in total. The first kappa shape index (κ1) is 23.1. The molecule has 2 fully saturated rings. The Balaban J connectivity index is 1.71. The molecule has 3 rings (SSSR count). The van der Waals surface area contributed by atoms with E-state index in [4.69, 9.17) is 9.47 Å². The normalized spacial score (nSPS) is 25.9. The van der Waals surface area contributed by atoms with Crippen LogP contribution >= 0.6 is 0 Å². The van der Waals surface area contributed by atoms with Crippen molar-refractivity contribution in [2.75, 3.05) is 6.54 Å². The highest BCUT2D eigenvalue weighted by atomic mass is 16.6. The van der Waals surface area contributed by atoms with Gasteiger partial charge in [0.25, 0.3) is 0 Å². The second kappa shape index (κ2) is 8.86. The van der Waals surface area contributed by atoms with Crippen molar-refractivity contribution in [3.63, 3.8) is 0 Å². The van der Waals surface area contributed by atoms with E-state index in [1.807, 2.05) is 30.3 Å². The molecule has 0 spiro atoms. The van der Waals surface area contributed by atoms with Crippen LogP contribution < -0.4 is 0 Å². The van der Waals surface area contributed by atoms with Gasteiger partial charge in [-0.3, -0.25) is 4.79 Å². The van der Waals surface area contributed by atoms with Crippen LogP contribution in [-0.2, 0) is 14.3 Å². The first-order chi connectivity index (χ1) is 14.5. The lowest BCUT2D eigenvalue weighted by molar-refractivity contribution is -0.137. The van der Waals surface area contributed by atoms with Gasteiger partial charge in [-0.25, -0.2) is 14.5 Å². The lowest BCUT2D eigenvalue weighted by atomic mass is 9.94. The summed E-state index contributed by atoms with van der Waals surface area (Å²) < 4.78 is 10.9. The van der Waals surface area contributed by atoms with E-state index in [-0.39, 0.29) is 0 Å². The number of rotatable bonds is 4. The van der Waals surface area contributed by atoms with Crippen LogP contribution in [0.5, 0.6) is 0 Å². The highest BCUT2D eigenvalue weighted by molar-refractivity contribution is 5.95. The average Bonchev–Trinajstić information content (AvgIpc) is 3.30. The lowest BCUT2D eigenvalue weighted by Crippen LogP contribution is -2.51. The lowest BCUT2D eigenvalue weighted by Gasteiger charge is -2.34. The molecule has 170 valence electrons. The fourth-order valence-electron chi connectivity index (χ4n) is 4.24. The van der Waals surface area contributed by atoms with Gasteiger partial charge in [-0.05, 0) is 46.1 Å². The molecule has 1 aromatic rings. The van der Waals surface area contributed by atoms with E-state index in [0.29, 0.717) is 19.4 Å². The monoisotopic (exact) mass is 432 g/mol. The molecule has 2 saturated heterocycles. The van der Waals surface area contributed by atoms with Crippen LogP contribution in [0.4, 0.5) is 9.59 Å². The van der Waals surface area contributed by atoms with Gasteiger partial charge < -0.3 is 19.5 Å². The number of nitrogens with zero attached hydrogens (tertiary/aromatic N) is 2. The number of benzene rings is 1. The predicted molar refractivity (Wildman–Crippen MR) is 113 cm³/mol. The van der Waals surface area contributed by atoms with E-state index in [0.717, 1.165) is 10.5 Å². The van der Waals surface area contributed by atoms with E-state index in [1.54, 1.807) is 34.6 Å². The SMILES string of the molecule is C[C@@H]1C(c2ccccc2)OC(=O)N1C(=O)[C@H](C)C(O)[C@@H]1CCCN1C(=O)OC(C)(C)C. The summed E-state index contributed by atoms with van der Waals surface area (Å²) in [7, 11) is 0. The maximum atomic E-state index is 13.2. The van der Waals surface area contributed by atoms with Gasteiger partial charge in [0.05, 0.1) is 24.1 Å². The summed E-state index contributed by atoms with van der Waals surface area (Å²) in [5, 5.41) is 11.0. The number of aliphatic hydroxyl groups is 1. The van der Waals surface area contributed by atoms with Gasteiger partial charge in [0.1, 0.15) is 11.7 Å². The van der Waals surface area contributed by atoms with Crippen LogP contribution in [0.15, 0.2) is 30.3 Å². The minimum atomic E-state index is -1.13. The van der Waals surface area contributed by atoms with Crippen LogP contribution in [0.1, 0.15) is 59.1 Å². The Morgan fingerprint density at radius 3 is 2.48 bits per heavy atom. The molecular weight excluding hydrogens is 400 g/mol. The van der Waals surface area contributed by atoms with Crippen molar-refractivity contribution in [3.05, 3.63) is 35.9 Å². The molecule has 2 aliphatic heterocycles. The van der Waals surface area contributed by atoms with Gasteiger partial charge in [-0.1, -0.05) is 37.3 Å². The molecule has 1 N–H and O–H groups in total. The highest BCUT2D eigenvalue weighted by Crippen LogP contribution is 2.34. The molecule has 31 heavy (non-hydrogen) atoms. The summed E-state index contributed by atoms with van der Waals surface area (Å²) in [6, 6.07) is 8.19. The van der Waals surface area contributed by atoms with Crippen LogP contribution in [0.3, 0.4) is 0 Å². The van der Waals surface area contributed by atoms with E-state index >= 15 is 0 Å². The number of carbonyl (C=O) groups is 3. The molecule has 0 radical (unpaired) electrons. The van der Waals surface area contributed by atoms with E-state index in [2.05, 4.69) is 0 Å². The van der Waals surface area contributed by atoms with Crippen LogP contribution in [0.2, 0.25) is 0 Å².